The Labute approximate surface area is 110 Å². The molecular formula is C14H13ClFNO. The van der Waals surface area contributed by atoms with E-state index in [4.69, 9.17) is 22.1 Å². The van der Waals surface area contributed by atoms with Gasteiger partial charge in [0, 0.05) is 16.3 Å². The number of aryl methyl sites for hydroxylation is 1. The molecule has 0 atom stereocenters. The average molecular weight is 266 g/mol. The number of nitrogen functional groups attached to an aromatic ring is 1. The van der Waals surface area contributed by atoms with E-state index >= 15 is 0 Å². The predicted octanol–water partition coefficient (Wildman–Crippen LogP) is 3.95. The summed E-state index contributed by atoms with van der Waals surface area (Å²) in [5.74, 6) is 0.359. The predicted molar refractivity (Wildman–Crippen MR) is 71.3 cm³/mol. The van der Waals surface area contributed by atoms with E-state index in [1.165, 1.54) is 6.07 Å². The third-order valence-corrected chi connectivity index (χ3v) is 2.86. The van der Waals surface area contributed by atoms with E-state index < -0.39 is 0 Å². The number of rotatable bonds is 3. The maximum Gasteiger partial charge on any atom is 0.126 e. The van der Waals surface area contributed by atoms with Crippen LogP contribution in [0.25, 0.3) is 0 Å². The molecule has 0 fully saturated rings. The number of anilines is 1. The zero-order valence-corrected chi connectivity index (χ0v) is 10.7. The Bertz CT molecular complexity index is 572. The topological polar surface area (TPSA) is 35.2 Å². The Morgan fingerprint density at radius 1 is 1.22 bits per heavy atom. The molecule has 2 nitrogen and oxygen atoms in total. The number of nitrogens with two attached hydrogens (primary N) is 1. The van der Waals surface area contributed by atoms with Crippen molar-refractivity contribution < 1.29 is 9.13 Å². The molecule has 0 aliphatic heterocycles. The van der Waals surface area contributed by atoms with Crippen LogP contribution in [0.4, 0.5) is 10.1 Å². The van der Waals surface area contributed by atoms with Gasteiger partial charge in [-0.15, -0.1) is 0 Å². The first-order valence-electron chi connectivity index (χ1n) is 5.49. The molecule has 2 N–H and O–H groups in total. The van der Waals surface area contributed by atoms with E-state index in [9.17, 15) is 4.39 Å². The monoisotopic (exact) mass is 265 g/mol. The fraction of sp³-hybridized carbons (Fsp3) is 0.143. The Balaban J connectivity index is 2.11. The second kappa shape index (κ2) is 5.27. The molecular weight excluding hydrogens is 253 g/mol. The van der Waals surface area contributed by atoms with E-state index in [1.807, 2.05) is 0 Å². The standard InChI is InChI=1S/C14H13ClFNO/c1-9-6-12(3-4-13(9)16)18-8-10-7-11(15)2-5-14(10)17/h2-7H,8,17H2,1H3. The van der Waals surface area contributed by atoms with Crippen LogP contribution in [0.1, 0.15) is 11.1 Å². The molecule has 0 saturated heterocycles. The highest BCUT2D eigenvalue weighted by Crippen LogP contribution is 2.21. The summed E-state index contributed by atoms with van der Waals surface area (Å²) in [5, 5.41) is 0.609. The van der Waals surface area contributed by atoms with Gasteiger partial charge in [-0.3, -0.25) is 0 Å². The Morgan fingerprint density at radius 2 is 2.00 bits per heavy atom. The van der Waals surface area contributed by atoms with Crippen molar-refractivity contribution in [2.75, 3.05) is 5.73 Å². The summed E-state index contributed by atoms with van der Waals surface area (Å²) in [5.41, 5.74) is 7.79. The summed E-state index contributed by atoms with van der Waals surface area (Å²) in [6, 6.07) is 9.83. The van der Waals surface area contributed by atoms with E-state index in [0.717, 1.165) is 5.56 Å². The second-order valence-corrected chi connectivity index (χ2v) is 4.48. The highest BCUT2D eigenvalue weighted by atomic mass is 35.5. The Morgan fingerprint density at radius 3 is 2.72 bits per heavy atom. The number of hydrogen-bond donors (Lipinski definition) is 1. The van der Waals surface area contributed by atoms with Crippen LogP contribution in [-0.2, 0) is 6.61 Å². The van der Waals surface area contributed by atoms with Gasteiger partial charge in [-0.2, -0.15) is 0 Å². The lowest BCUT2D eigenvalue weighted by Gasteiger charge is -2.09. The summed E-state index contributed by atoms with van der Waals surface area (Å²) >= 11 is 5.88. The van der Waals surface area contributed by atoms with Crippen LogP contribution >= 0.6 is 11.6 Å². The Hall–Kier alpha value is -1.74. The van der Waals surface area contributed by atoms with Gasteiger partial charge in [0.05, 0.1) is 0 Å². The lowest BCUT2D eigenvalue weighted by molar-refractivity contribution is 0.306. The van der Waals surface area contributed by atoms with Crippen molar-refractivity contribution in [1.82, 2.24) is 0 Å². The van der Waals surface area contributed by atoms with Crippen molar-refractivity contribution in [3.63, 3.8) is 0 Å². The van der Waals surface area contributed by atoms with Crippen LogP contribution in [0.5, 0.6) is 5.75 Å². The van der Waals surface area contributed by atoms with Crippen molar-refractivity contribution >= 4 is 17.3 Å². The van der Waals surface area contributed by atoms with E-state index in [0.29, 0.717) is 28.6 Å². The molecule has 2 aromatic rings. The lowest BCUT2D eigenvalue weighted by atomic mass is 10.2. The van der Waals surface area contributed by atoms with Crippen molar-refractivity contribution in [2.24, 2.45) is 0 Å². The normalized spacial score (nSPS) is 10.4. The highest BCUT2D eigenvalue weighted by Gasteiger charge is 2.03. The summed E-state index contributed by atoms with van der Waals surface area (Å²) in [4.78, 5) is 0. The van der Waals surface area contributed by atoms with Gasteiger partial charge in [0.2, 0.25) is 0 Å². The molecule has 4 heteroatoms. The van der Waals surface area contributed by atoms with E-state index in [2.05, 4.69) is 0 Å². The van der Waals surface area contributed by atoms with Gasteiger partial charge in [0.25, 0.3) is 0 Å². The zero-order chi connectivity index (χ0) is 13.1. The number of hydrogen-bond acceptors (Lipinski definition) is 2. The van der Waals surface area contributed by atoms with Crippen molar-refractivity contribution in [3.05, 3.63) is 58.4 Å². The van der Waals surface area contributed by atoms with Crippen LogP contribution in [0.3, 0.4) is 0 Å². The molecule has 0 aliphatic carbocycles. The maximum atomic E-state index is 13.1. The molecule has 0 saturated carbocycles. The van der Waals surface area contributed by atoms with Crippen LogP contribution < -0.4 is 10.5 Å². The van der Waals surface area contributed by atoms with Gasteiger partial charge in [-0.25, -0.2) is 4.39 Å². The maximum absolute atomic E-state index is 13.1. The largest absolute Gasteiger partial charge is 0.489 e. The highest BCUT2D eigenvalue weighted by molar-refractivity contribution is 6.30. The molecule has 0 amide bonds. The quantitative estimate of drug-likeness (QED) is 0.853. The summed E-state index contributed by atoms with van der Waals surface area (Å²) in [7, 11) is 0. The minimum Gasteiger partial charge on any atom is -0.489 e. The van der Waals surface area contributed by atoms with Crippen LogP contribution in [0.15, 0.2) is 36.4 Å². The average Bonchev–Trinajstić information content (AvgIpc) is 2.34. The van der Waals surface area contributed by atoms with Gasteiger partial charge in [-0.1, -0.05) is 11.6 Å². The summed E-state index contributed by atoms with van der Waals surface area (Å²) in [6.45, 7) is 1.99. The van der Waals surface area contributed by atoms with Crippen molar-refractivity contribution in [1.29, 1.82) is 0 Å². The van der Waals surface area contributed by atoms with Crippen molar-refractivity contribution in [3.8, 4) is 5.75 Å². The first-order chi connectivity index (χ1) is 8.56. The van der Waals surface area contributed by atoms with E-state index in [1.54, 1.807) is 37.3 Å². The molecule has 0 aromatic heterocycles. The molecule has 0 aliphatic rings. The minimum atomic E-state index is -0.246. The summed E-state index contributed by atoms with van der Waals surface area (Å²) in [6.07, 6.45) is 0. The smallest absolute Gasteiger partial charge is 0.126 e. The molecule has 0 bridgehead atoms. The third kappa shape index (κ3) is 2.93. The third-order valence-electron chi connectivity index (χ3n) is 2.63. The SMILES string of the molecule is Cc1cc(OCc2cc(Cl)ccc2N)ccc1F. The minimum absolute atomic E-state index is 0.246. The lowest BCUT2D eigenvalue weighted by Crippen LogP contribution is -2.00. The van der Waals surface area contributed by atoms with E-state index in [-0.39, 0.29) is 5.82 Å². The second-order valence-electron chi connectivity index (χ2n) is 4.04. The molecule has 2 rings (SSSR count). The van der Waals surface area contributed by atoms with Crippen LogP contribution in [-0.4, -0.2) is 0 Å². The molecule has 94 valence electrons. The molecule has 0 spiro atoms. The molecule has 0 radical (unpaired) electrons. The Kier molecular flexibility index (Phi) is 3.72. The van der Waals surface area contributed by atoms with Crippen molar-refractivity contribution in [2.45, 2.75) is 13.5 Å². The van der Waals surface area contributed by atoms with Gasteiger partial charge in [-0.05, 0) is 48.9 Å². The summed E-state index contributed by atoms with van der Waals surface area (Å²) < 4.78 is 18.6. The number of ether oxygens (including phenoxy) is 1. The van der Waals surface area contributed by atoms with Gasteiger partial charge < -0.3 is 10.5 Å². The molecule has 2 aromatic carbocycles. The molecule has 18 heavy (non-hydrogen) atoms. The molecule has 0 heterocycles. The molecule has 0 unspecified atom stereocenters. The van der Waals surface area contributed by atoms with Crippen LogP contribution in [0.2, 0.25) is 5.02 Å². The fourth-order valence-electron chi connectivity index (χ4n) is 1.57. The zero-order valence-electron chi connectivity index (χ0n) is 9.91. The van der Waals surface area contributed by atoms with Gasteiger partial charge in [0.15, 0.2) is 0 Å². The van der Waals surface area contributed by atoms with Gasteiger partial charge in [0.1, 0.15) is 18.2 Å². The fourth-order valence-corrected chi connectivity index (χ4v) is 1.76. The van der Waals surface area contributed by atoms with Gasteiger partial charge >= 0.3 is 0 Å². The van der Waals surface area contributed by atoms with Crippen LogP contribution in [0, 0.1) is 12.7 Å². The first kappa shape index (κ1) is 12.7. The number of halogens is 2. The number of benzene rings is 2. The first-order valence-corrected chi connectivity index (χ1v) is 5.87.